The zero-order valence-corrected chi connectivity index (χ0v) is 16.0. The van der Waals surface area contributed by atoms with Crippen molar-refractivity contribution >= 4 is 27.5 Å². The number of ether oxygens (including phenoxy) is 1. The highest BCUT2D eigenvalue weighted by Crippen LogP contribution is 2.41. The molecule has 0 fully saturated rings. The molecule has 2 atom stereocenters. The van der Waals surface area contributed by atoms with Crippen molar-refractivity contribution in [3.05, 3.63) is 106 Å². The molecule has 0 amide bonds. The van der Waals surface area contributed by atoms with Crippen molar-refractivity contribution in [2.45, 2.75) is 12.1 Å². The van der Waals surface area contributed by atoms with E-state index in [1.165, 1.54) is 0 Å². The van der Waals surface area contributed by atoms with Gasteiger partial charge in [0.2, 0.25) is 5.90 Å². The van der Waals surface area contributed by atoms with E-state index < -0.39 is 0 Å². The third-order valence-electron chi connectivity index (χ3n) is 4.71. The number of pyridine rings is 1. The van der Waals surface area contributed by atoms with Gasteiger partial charge in [-0.15, -0.1) is 0 Å². The van der Waals surface area contributed by atoms with Crippen LogP contribution in [0.15, 0.2) is 94.7 Å². The summed E-state index contributed by atoms with van der Waals surface area (Å²) in [6, 6.07) is 24.4. The van der Waals surface area contributed by atoms with Crippen LogP contribution in [0.4, 0.5) is 0 Å². The molecule has 0 bridgehead atoms. The highest BCUT2D eigenvalue weighted by atomic mass is 79.9. The molecule has 1 aliphatic rings. The first-order valence-corrected chi connectivity index (χ1v) is 9.57. The molecule has 4 aromatic rings. The second-order valence-corrected chi connectivity index (χ2v) is 7.31. The predicted octanol–water partition coefficient (Wildman–Crippen LogP) is 5.36. The molecule has 0 spiro atoms. The molecule has 5 heteroatoms. The van der Waals surface area contributed by atoms with Crippen molar-refractivity contribution in [1.82, 2.24) is 9.38 Å². The van der Waals surface area contributed by atoms with Gasteiger partial charge in [-0.1, -0.05) is 60.7 Å². The third kappa shape index (κ3) is 2.94. The Labute approximate surface area is 165 Å². The summed E-state index contributed by atoms with van der Waals surface area (Å²) in [6.45, 7) is 0. The lowest BCUT2D eigenvalue weighted by molar-refractivity contribution is 0.196. The molecule has 132 valence electrons. The van der Waals surface area contributed by atoms with Gasteiger partial charge >= 0.3 is 0 Å². The molecule has 0 saturated carbocycles. The number of fused-ring (bicyclic) bond motifs is 1. The van der Waals surface area contributed by atoms with E-state index in [4.69, 9.17) is 14.7 Å². The summed E-state index contributed by atoms with van der Waals surface area (Å²) in [7, 11) is 0. The lowest BCUT2D eigenvalue weighted by atomic mass is 9.97. The van der Waals surface area contributed by atoms with Gasteiger partial charge in [0, 0.05) is 12.4 Å². The SMILES string of the molecule is Brc1cccn2cc(C3=NC(c4ccccc4)C(c4ccccc4)O3)nc12. The number of hydrogen-bond donors (Lipinski definition) is 0. The standard InChI is InChI=1S/C22H16BrN3O/c23-17-12-7-13-26-14-18(24-21(17)26)22-25-19(15-8-3-1-4-9-15)20(27-22)16-10-5-2-6-11-16/h1-14,19-20H. The second kappa shape index (κ2) is 6.67. The minimum absolute atomic E-state index is 0.100. The quantitative estimate of drug-likeness (QED) is 0.450. The third-order valence-corrected chi connectivity index (χ3v) is 5.32. The van der Waals surface area contributed by atoms with E-state index in [9.17, 15) is 0 Å². The fraction of sp³-hybridized carbons (Fsp3) is 0.0909. The average Bonchev–Trinajstić information content (AvgIpc) is 3.35. The molecule has 4 nitrogen and oxygen atoms in total. The predicted molar refractivity (Wildman–Crippen MR) is 109 cm³/mol. The van der Waals surface area contributed by atoms with E-state index in [1.54, 1.807) is 0 Å². The Balaban J connectivity index is 1.59. The van der Waals surface area contributed by atoms with Crippen molar-refractivity contribution in [3.63, 3.8) is 0 Å². The normalized spacial score (nSPS) is 19.1. The summed E-state index contributed by atoms with van der Waals surface area (Å²) in [4.78, 5) is 9.63. The summed E-state index contributed by atoms with van der Waals surface area (Å²) in [5, 5.41) is 0. The number of aromatic nitrogens is 2. The Kier molecular flexibility index (Phi) is 4.02. The van der Waals surface area contributed by atoms with Crippen LogP contribution in [-0.2, 0) is 4.74 Å². The molecule has 0 N–H and O–H groups in total. The van der Waals surface area contributed by atoms with Crippen molar-refractivity contribution < 1.29 is 4.74 Å². The van der Waals surface area contributed by atoms with E-state index >= 15 is 0 Å². The van der Waals surface area contributed by atoms with Crippen molar-refractivity contribution in [3.8, 4) is 0 Å². The lowest BCUT2D eigenvalue weighted by Gasteiger charge is -2.18. The summed E-state index contributed by atoms with van der Waals surface area (Å²) < 4.78 is 9.24. The molecule has 0 radical (unpaired) electrons. The van der Waals surface area contributed by atoms with Gasteiger partial charge in [-0.25, -0.2) is 9.98 Å². The van der Waals surface area contributed by atoms with Crippen LogP contribution in [0, 0.1) is 0 Å². The Morgan fingerprint density at radius 3 is 2.26 bits per heavy atom. The summed E-state index contributed by atoms with van der Waals surface area (Å²) in [5.74, 6) is 0.577. The first-order valence-electron chi connectivity index (χ1n) is 8.77. The van der Waals surface area contributed by atoms with Crippen LogP contribution < -0.4 is 0 Å². The molecule has 2 aromatic heterocycles. The van der Waals surface area contributed by atoms with Crippen LogP contribution in [0.5, 0.6) is 0 Å². The maximum atomic E-state index is 6.33. The number of hydrogen-bond acceptors (Lipinski definition) is 3. The molecule has 5 rings (SSSR count). The maximum Gasteiger partial charge on any atom is 0.238 e. The molecule has 3 heterocycles. The molecule has 0 aliphatic carbocycles. The van der Waals surface area contributed by atoms with Gasteiger partial charge in [-0.3, -0.25) is 0 Å². The second-order valence-electron chi connectivity index (χ2n) is 6.45. The lowest BCUT2D eigenvalue weighted by Crippen LogP contribution is -2.09. The maximum absolute atomic E-state index is 6.33. The van der Waals surface area contributed by atoms with E-state index in [0.29, 0.717) is 5.90 Å². The number of rotatable bonds is 3. The van der Waals surface area contributed by atoms with E-state index in [2.05, 4.69) is 40.2 Å². The van der Waals surface area contributed by atoms with Gasteiger partial charge in [0.05, 0.1) is 4.47 Å². The van der Waals surface area contributed by atoms with Crippen LogP contribution in [0.3, 0.4) is 0 Å². The van der Waals surface area contributed by atoms with Gasteiger partial charge in [0.1, 0.15) is 11.7 Å². The fourth-order valence-electron chi connectivity index (χ4n) is 3.41. The van der Waals surface area contributed by atoms with E-state index in [1.807, 2.05) is 65.3 Å². The number of imidazole rings is 1. The van der Waals surface area contributed by atoms with E-state index in [-0.39, 0.29) is 12.1 Å². The Bertz CT molecular complexity index is 1120. The van der Waals surface area contributed by atoms with Crippen LogP contribution >= 0.6 is 15.9 Å². The molecule has 2 unspecified atom stereocenters. The van der Waals surface area contributed by atoms with Gasteiger partial charge in [-0.05, 0) is 39.2 Å². The molecule has 27 heavy (non-hydrogen) atoms. The highest BCUT2D eigenvalue weighted by Gasteiger charge is 2.34. The van der Waals surface area contributed by atoms with Crippen LogP contribution in [0.2, 0.25) is 0 Å². The monoisotopic (exact) mass is 417 g/mol. The fourth-order valence-corrected chi connectivity index (χ4v) is 3.86. The largest absolute Gasteiger partial charge is 0.465 e. The zero-order valence-electron chi connectivity index (χ0n) is 14.4. The molecule has 1 aliphatic heterocycles. The van der Waals surface area contributed by atoms with Gasteiger partial charge < -0.3 is 9.14 Å². The zero-order chi connectivity index (χ0) is 18.2. The first-order chi connectivity index (χ1) is 13.3. The van der Waals surface area contributed by atoms with Crippen LogP contribution in [-0.4, -0.2) is 15.3 Å². The minimum atomic E-state index is -0.170. The number of benzene rings is 2. The van der Waals surface area contributed by atoms with Gasteiger partial charge in [0.15, 0.2) is 11.8 Å². The van der Waals surface area contributed by atoms with Crippen LogP contribution in [0.25, 0.3) is 5.65 Å². The van der Waals surface area contributed by atoms with Gasteiger partial charge in [-0.2, -0.15) is 0 Å². The summed E-state index contributed by atoms with van der Waals surface area (Å²) in [5.41, 5.74) is 3.82. The Morgan fingerprint density at radius 1 is 0.852 bits per heavy atom. The molecular formula is C22H16BrN3O. The molecular weight excluding hydrogens is 402 g/mol. The number of halogens is 1. The topological polar surface area (TPSA) is 38.9 Å². The summed E-state index contributed by atoms with van der Waals surface area (Å²) >= 11 is 3.55. The average molecular weight is 418 g/mol. The molecule has 2 aromatic carbocycles. The van der Waals surface area contributed by atoms with E-state index in [0.717, 1.165) is 26.9 Å². The minimum Gasteiger partial charge on any atom is -0.465 e. The smallest absolute Gasteiger partial charge is 0.238 e. The van der Waals surface area contributed by atoms with Crippen molar-refractivity contribution in [2.75, 3.05) is 0 Å². The number of aliphatic imine (C=N–C) groups is 1. The van der Waals surface area contributed by atoms with Crippen LogP contribution in [0.1, 0.15) is 29.0 Å². The van der Waals surface area contributed by atoms with Gasteiger partial charge in [0.25, 0.3) is 0 Å². The Hall–Kier alpha value is -2.92. The van der Waals surface area contributed by atoms with Crippen molar-refractivity contribution in [1.29, 1.82) is 0 Å². The molecule has 0 saturated heterocycles. The first kappa shape index (κ1) is 16.3. The number of nitrogens with zero attached hydrogens (tertiary/aromatic N) is 3. The highest BCUT2D eigenvalue weighted by molar-refractivity contribution is 9.10. The van der Waals surface area contributed by atoms with Crippen molar-refractivity contribution in [2.24, 2.45) is 4.99 Å². The Morgan fingerprint density at radius 2 is 1.56 bits per heavy atom. The summed E-state index contributed by atoms with van der Waals surface area (Å²) in [6.07, 6.45) is 3.75.